The summed E-state index contributed by atoms with van der Waals surface area (Å²) in [5, 5.41) is 9.04. The van der Waals surface area contributed by atoms with Gasteiger partial charge in [0.15, 0.2) is 11.6 Å². The van der Waals surface area contributed by atoms with Crippen LogP contribution in [0.2, 0.25) is 0 Å². The molecule has 1 aliphatic heterocycles. The number of carbonyl (C=O) groups excluding carboxylic acids is 2. The van der Waals surface area contributed by atoms with E-state index in [1.165, 1.54) is 0 Å². The van der Waals surface area contributed by atoms with Crippen molar-refractivity contribution in [2.75, 3.05) is 20.3 Å². The van der Waals surface area contributed by atoms with Crippen molar-refractivity contribution in [3.8, 4) is 11.5 Å². The minimum Gasteiger partial charge on any atom is -0.497 e. The van der Waals surface area contributed by atoms with E-state index >= 15 is 0 Å². The lowest BCUT2D eigenvalue weighted by atomic mass is 9.83. The summed E-state index contributed by atoms with van der Waals surface area (Å²) in [6, 6.07) is 24.1. The average molecular weight is 604 g/mol. The second-order valence-electron chi connectivity index (χ2n) is 11.4. The zero-order valence-electron chi connectivity index (χ0n) is 25.7. The van der Waals surface area contributed by atoms with E-state index in [0.29, 0.717) is 42.2 Å². The molecule has 1 aliphatic rings. The predicted molar refractivity (Wildman–Crippen MR) is 166 cm³/mol. The smallest absolute Gasteiger partial charge is 0.306 e. The number of hydrogen-bond donors (Lipinski definition) is 3. The van der Waals surface area contributed by atoms with Gasteiger partial charge in [0.1, 0.15) is 17.1 Å². The number of nitrogens with one attached hydrogen (secondary N) is 2. The number of hydrogen-bond acceptors (Lipinski definition) is 9. The number of methoxy groups -OCH3 is 1. The van der Waals surface area contributed by atoms with Gasteiger partial charge in [0.2, 0.25) is 5.90 Å². The Balaban J connectivity index is 1.70. The first-order chi connectivity index (χ1) is 21.1. The molecule has 0 aliphatic carbocycles. The molecule has 4 rings (SSSR count). The molecule has 3 N–H and O–H groups in total. The number of benzene rings is 3. The van der Waals surface area contributed by atoms with Crippen molar-refractivity contribution in [3.05, 3.63) is 95.6 Å². The van der Waals surface area contributed by atoms with Gasteiger partial charge in [0.05, 0.1) is 13.7 Å². The summed E-state index contributed by atoms with van der Waals surface area (Å²) in [6.45, 7) is 6.20. The third-order valence-corrected chi connectivity index (χ3v) is 6.89. The molecular weight excluding hydrogens is 562 g/mol. The highest BCUT2D eigenvalue weighted by Gasteiger charge is 2.53. The molecule has 44 heavy (non-hydrogen) atoms. The Morgan fingerprint density at radius 2 is 1.75 bits per heavy atom. The fourth-order valence-electron chi connectivity index (χ4n) is 4.79. The summed E-state index contributed by atoms with van der Waals surface area (Å²) < 4.78 is 23.2. The van der Waals surface area contributed by atoms with E-state index in [9.17, 15) is 9.59 Å². The van der Waals surface area contributed by atoms with Crippen molar-refractivity contribution in [1.82, 2.24) is 10.9 Å². The van der Waals surface area contributed by atoms with Gasteiger partial charge in [0.25, 0.3) is 5.91 Å². The van der Waals surface area contributed by atoms with Crippen molar-refractivity contribution in [1.29, 1.82) is 0 Å². The van der Waals surface area contributed by atoms with Gasteiger partial charge in [-0.2, -0.15) is 0 Å². The van der Waals surface area contributed by atoms with Gasteiger partial charge >= 0.3 is 5.97 Å². The highest BCUT2D eigenvalue weighted by atomic mass is 16.6. The molecule has 0 saturated heterocycles. The molecule has 0 saturated carbocycles. The SMILES string of the molecule is COc1cccc([C@@H]2OC(c3ccc(OCCCO)cc3)=N[C@]2(CCC(=O)OC(C)(C)C)C(=O)NNCc2ccccc2)c1. The Morgan fingerprint density at radius 3 is 2.43 bits per heavy atom. The number of aliphatic hydroxyl groups is 1. The summed E-state index contributed by atoms with van der Waals surface area (Å²) in [6.07, 6.45) is -0.405. The molecule has 1 amide bonds. The van der Waals surface area contributed by atoms with Crippen LogP contribution in [0.25, 0.3) is 0 Å². The van der Waals surface area contributed by atoms with Crippen molar-refractivity contribution in [2.24, 2.45) is 4.99 Å². The number of esters is 1. The Bertz CT molecular complexity index is 1420. The van der Waals surface area contributed by atoms with Crippen LogP contribution in [0.4, 0.5) is 0 Å². The first-order valence-corrected chi connectivity index (χ1v) is 14.7. The number of nitrogens with zero attached hydrogens (tertiary/aromatic N) is 1. The maximum Gasteiger partial charge on any atom is 0.306 e. The van der Waals surface area contributed by atoms with Crippen LogP contribution in [0.5, 0.6) is 11.5 Å². The van der Waals surface area contributed by atoms with E-state index in [4.69, 9.17) is 29.0 Å². The topological polar surface area (TPSA) is 128 Å². The van der Waals surface area contributed by atoms with Gasteiger partial charge in [0, 0.05) is 31.6 Å². The van der Waals surface area contributed by atoms with Gasteiger partial charge < -0.3 is 24.1 Å². The first kappa shape index (κ1) is 32.5. The second-order valence-corrected chi connectivity index (χ2v) is 11.4. The van der Waals surface area contributed by atoms with Crippen molar-refractivity contribution in [3.63, 3.8) is 0 Å². The molecule has 0 bridgehead atoms. The number of amides is 1. The van der Waals surface area contributed by atoms with E-state index in [0.717, 1.165) is 5.56 Å². The average Bonchev–Trinajstić information content (AvgIpc) is 3.41. The lowest BCUT2D eigenvalue weighted by molar-refractivity contribution is -0.155. The highest BCUT2D eigenvalue weighted by Crippen LogP contribution is 2.44. The fourth-order valence-corrected chi connectivity index (χ4v) is 4.79. The largest absolute Gasteiger partial charge is 0.497 e. The Labute approximate surface area is 258 Å². The summed E-state index contributed by atoms with van der Waals surface area (Å²) in [5.41, 5.74) is 5.90. The van der Waals surface area contributed by atoms with Crippen LogP contribution in [0, 0.1) is 0 Å². The molecule has 3 aromatic carbocycles. The van der Waals surface area contributed by atoms with Crippen LogP contribution in [-0.2, 0) is 25.6 Å². The first-order valence-electron chi connectivity index (χ1n) is 14.7. The maximum atomic E-state index is 14.2. The molecule has 10 heteroatoms. The third kappa shape index (κ3) is 8.58. The monoisotopic (exact) mass is 603 g/mol. The minimum absolute atomic E-state index is 0.0223. The van der Waals surface area contributed by atoms with Gasteiger partial charge in [-0.25, -0.2) is 10.4 Å². The molecule has 0 fully saturated rings. The van der Waals surface area contributed by atoms with E-state index < -0.39 is 29.1 Å². The summed E-state index contributed by atoms with van der Waals surface area (Å²) >= 11 is 0. The van der Waals surface area contributed by atoms with Crippen LogP contribution in [0.3, 0.4) is 0 Å². The summed E-state index contributed by atoms with van der Waals surface area (Å²) in [4.78, 5) is 32.0. The predicted octanol–water partition coefficient (Wildman–Crippen LogP) is 4.66. The zero-order chi connectivity index (χ0) is 31.6. The van der Waals surface area contributed by atoms with Crippen molar-refractivity contribution >= 4 is 17.8 Å². The quantitative estimate of drug-likeness (QED) is 0.138. The van der Waals surface area contributed by atoms with Crippen molar-refractivity contribution in [2.45, 2.75) is 63.8 Å². The Hall–Kier alpha value is -4.41. The zero-order valence-corrected chi connectivity index (χ0v) is 25.7. The molecule has 0 radical (unpaired) electrons. The number of carbonyl (C=O) groups is 2. The molecule has 0 spiro atoms. The van der Waals surface area contributed by atoms with Crippen LogP contribution in [0.1, 0.15) is 62.8 Å². The Morgan fingerprint density at radius 1 is 1.00 bits per heavy atom. The van der Waals surface area contributed by atoms with Gasteiger partial charge in [-0.3, -0.25) is 15.0 Å². The van der Waals surface area contributed by atoms with Crippen molar-refractivity contribution < 1.29 is 33.6 Å². The van der Waals surface area contributed by atoms with Crippen LogP contribution < -0.4 is 20.3 Å². The van der Waals surface area contributed by atoms with Crippen LogP contribution in [0.15, 0.2) is 83.9 Å². The summed E-state index contributed by atoms with van der Waals surface area (Å²) in [7, 11) is 1.57. The number of aliphatic hydroxyl groups excluding tert-OH is 1. The number of hydrazine groups is 1. The maximum absolute atomic E-state index is 14.2. The van der Waals surface area contributed by atoms with Gasteiger partial charge in [-0.05, 0) is 74.7 Å². The lowest BCUT2D eigenvalue weighted by Crippen LogP contribution is -2.52. The number of ether oxygens (including phenoxy) is 4. The molecule has 0 aromatic heterocycles. The molecule has 3 aromatic rings. The standard InChI is InChI=1S/C34H41N3O7/c1-33(2,3)44-29(39)18-19-34(32(40)37-35-23-24-10-6-5-7-11-24)30(26-12-8-13-28(22-26)41-4)43-31(36-34)25-14-16-27(17-15-25)42-21-9-20-38/h5-8,10-17,22,30,35,38H,9,18-21,23H2,1-4H3,(H,37,40)/t30-,34-/m0/s1. The molecule has 2 atom stereocenters. The third-order valence-electron chi connectivity index (χ3n) is 6.89. The Kier molecular flexibility index (Phi) is 11.0. The van der Waals surface area contributed by atoms with E-state index in [1.54, 1.807) is 64.3 Å². The highest BCUT2D eigenvalue weighted by molar-refractivity contribution is 6.01. The normalized spacial score (nSPS) is 17.8. The van der Waals surface area contributed by atoms with Crippen LogP contribution >= 0.6 is 0 Å². The lowest BCUT2D eigenvalue weighted by Gasteiger charge is -2.31. The molecule has 1 heterocycles. The van der Waals surface area contributed by atoms with E-state index in [-0.39, 0.29) is 25.3 Å². The summed E-state index contributed by atoms with van der Waals surface area (Å²) in [5.74, 6) is 0.571. The second kappa shape index (κ2) is 14.9. The van der Waals surface area contributed by atoms with E-state index in [1.807, 2.05) is 42.5 Å². The number of aliphatic imine (C=N–C) groups is 1. The minimum atomic E-state index is -1.53. The van der Waals surface area contributed by atoms with E-state index in [2.05, 4.69) is 10.9 Å². The molecule has 10 nitrogen and oxygen atoms in total. The molecular formula is C34H41N3O7. The molecule has 234 valence electrons. The van der Waals surface area contributed by atoms with Crippen LogP contribution in [-0.4, -0.2) is 54.3 Å². The van der Waals surface area contributed by atoms with Gasteiger partial charge in [-0.15, -0.1) is 0 Å². The molecule has 0 unspecified atom stereocenters. The fraction of sp³-hybridized carbons (Fsp3) is 0.382. The number of rotatable bonds is 14. The van der Waals surface area contributed by atoms with Gasteiger partial charge in [-0.1, -0.05) is 42.5 Å².